The molecule has 0 spiro atoms. The summed E-state index contributed by atoms with van der Waals surface area (Å²) in [7, 11) is 0. The van der Waals surface area contributed by atoms with Crippen LogP contribution in [0.3, 0.4) is 0 Å². The lowest BCUT2D eigenvalue weighted by Crippen LogP contribution is -2.19. The molecular formula is C20H43NO2. The largest absolute Gasteiger partial charge is 0.396 e. The second kappa shape index (κ2) is 21.9. The van der Waals surface area contributed by atoms with E-state index in [0.29, 0.717) is 6.61 Å². The van der Waals surface area contributed by atoms with Crippen molar-refractivity contribution in [2.75, 3.05) is 26.3 Å². The Morgan fingerprint density at radius 1 is 0.348 bits per heavy atom. The molecule has 0 radical (unpaired) electrons. The maximum atomic E-state index is 8.70. The lowest BCUT2D eigenvalue weighted by atomic mass is 10.0. The molecule has 3 N–H and O–H groups in total. The molecule has 3 heteroatoms. The van der Waals surface area contributed by atoms with Crippen molar-refractivity contribution in [2.24, 2.45) is 0 Å². The van der Waals surface area contributed by atoms with Crippen LogP contribution in [0.25, 0.3) is 0 Å². The van der Waals surface area contributed by atoms with Crippen LogP contribution in [0, 0.1) is 0 Å². The van der Waals surface area contributed by atoms with Crippen LogP contribution in [-0.4, -0.2) is 36.5 Å². The van der Waals surface area contributed by atoms with Crippen molar-refractivity contribution in [2.45, 2.75) is 103 Å². The molecule has 0 saturated heterocycles. The van der Waals surface area contributed by atoms with E-state index in [1.54, 1.807) is 0 Å². The third kappa shape index (κ3) is 21.9. The number of hydrogen-bond acceptors (Lipinski definition) is 3. The molecule has 0 atom stereocenters. The molecule has 0 unspecified atom stereocenters. The fourth-order valence-corrected chi connectivity index (χ4v) is 3.04. The van der Waals surface area contributed by atoms with Crippen LogP contribution in [0.1, 0.15) is 103 Å². The topological polar surface area (TPSA) is 52.5 Å². The Morgan fingerprint density at radius 2 is 0.696 bits per heavy atom. The standard InChI is InChI=1S/C20H43NO2/c22-19-16-14-12-10-8-6-4-2-1-3-5-7-9-11-13-15-17-21-18-20-23/h21-23H,1-20H2. The minimum absolute atomic E-state index is 0.255. The van der Waals surface area contributed by atoms with Gasteiger partial charge in [-0.25, -0.2) is 0 Å². The van der Waals surface area contributed by atoms with Crippen LogP contribution >= 0.6 is 0 Å². The normalized spacial score (nSPS) is 11.2. The molecule has 0 aliphatic rings. The second-order valence-electron chi connectivity index (χ2n) is 6.85. The van der Waals surface area contributed by atoms with Crippen molar-refractivity contribution in [3.8, 4) is 0 Å². The summed E-state index contributed by atoms with van der Waals surface area (Å²) in [5.74, 6) is 0. The minimum atomic E-state index is 0.255. The van der Waals surface area contributed by atoms with Crippen LogP contribution in [0.4, 0.5) is 0 Å². The molecule has 0 rings (SSSR count). The highest BCUT2D eigenvalue weighted by molar-refractivity contribution is 4.51. The van der Waals surface area contributed by atoms with Gasteiger partial charge >= 0.3 is 0 Å². The van der Waals surface area contributed by atoms with Crippen molar-refractivity contribution in [3.63, 3.8) is 0 Å². The molecule has 0 aromatic carbocycles. The average molecular weight is 330 g/mol. The molecular weight excluding hydrogens is 286 g/mol. The van der Waals surface area contributed by atoms with Gasteiger partial charge in [-0.2, -0.15) is 0 Å². The lowest BCUT2D eigenvalue weighted by molar-refractivity contribution is 0.282. The summed E-state index contributed by atoms with van der Waals surface area (Å²) in [5.41, 5.74) is 0. The Kier molecular flexibility index (Phi) is 21.8. The molecule has 0 bridgehead atoms. The smallest absolute Gasteiger partial charge is 0.0555 e. The Morgan fingerprint density at radius 3 is 1.04 bits per heavy atom. The summed E-state index contributed by atoms with van der Waals surface area (Å²) >= 11 is 0. The van der Waals surface area contributed by atoms with E-state index in [0.717, 1.165) is 19.5 Å². The molecule has 0 aliphatic carbocycles. The van der Waals surface area contributed by atoms with Crippen molar-refractivity contribution in [1.29, 1.82) is 0 Å². The maximum absolute atomic E-state index is 8.70. The molecule has 0 fully saturated rings. The van der Waals surface area contributed by atoms with Gasteiger partial charge in [-0.05, 0) is 19.4 Å². The first-order chi connectivity index (χ1) is 11.4. The van der Waals surface area contributed by atoms with E-state index in [1.807, 2.05) is 0 Å². The molecule has 0 saturated carbocycles. The van der Waals surface area contributed by atoms with Gasteiger partial charge in [0.25, 0.3) is 0 Å². The Labute approximate surface area is 145 Å². The number of unbranched alkanes of at least 4 members (excludes halogenated alkanes) is 15. The highest BCUT2D eigenvalue weighted by Crippen LogP contribution is 2.13. The van der Waals surface area contributed by atoms with Gasteiger partial charge in [0.15, 0.2) is 0 Å². The van der Waals surface area contributed by atoms with Crippen LogP contribution in [0.2, 0.25) is 0 Å². The van der Waals surface area contributed by atoms with E-state index < -0.39 is 0 Å². The Hall–Kier alpha value is -0.120. The molecule has 0 aromatic rings. The SMILES string of the molecule is OCCCCCCCCCCCCCCCCCCNCCO. The summed E-state index contributed by atoms with van der Waals surface area (Å²) in [6, 6.07) is 0. The van der Waals surface area contributed by atoms with Gasteiger partial charge in [0, 0.05) is 13.2 Å². The van der Waals surface area contributed by atoms with E-state index >= 15 is 0 Å². The van der Waals surface area contributed by atoms with Crippen LogP contribution < -0.4 is 5.32 Å². The first kappa shape index (κ1) is 22.9. The van der Waals surface area contributed by atoms with Crippen LogP contribution in [-0.2, 0) is 0 Å². The molecule has 0 aromatic heterocycles. The van der Waals surface area contributed by atoms with Gasteiger partial charge in [-0.1, -0.05) is 89.9 Å². The summed E-state index contributed by atoms with van der Waals surface area (Å²) in [4.78, 5) is 0. The van der Waals surface area contributed by atoms with Crippen LogP contribution in [0.5, 0.6) is 0 Å². The highest BCUT2D eigenvalue weighted by atomic mass is 16.3. The Bertz CT molecular complexity index is 180. The quantitative estimate of drug-likeness (QED) is 0.281. The first-order valence-corrected chi connectivity index (χ1v) is 10.3. The zero-order valence-electron chi connectivity index (χ0n) is 15.5. The Balaban J connectivity index is 2.92. The van der Waals surface area contributed by atoms with Gasteiger partial charge in [0.1, 0.15) is 0 Å². The molecule has 140 valence electrons. The molecule has 0 amide bonds. The van der Waals surface area contributed by atoms with Crippen molar-refractivity contribution in [3.05, 3.63) is 0 Å². The van der Waals surface area contributed by atoms with Gasteiger partial charge in [-0.3, -0.25) is 0 Å². The van der Waals surface area contributed by atoms with Gasteiger partial charge in [-0.15, -0.1) is 0 Å². The third-order valence-electron chi connectivity index (χ3n) is 4.55. The molecule has 0 heterocycles. The van der Waals surface area contributed by atoms with E-state index in [9.17, 15) is 0 Å². The monoisotopic (exact) mass is 329 g/mol. The molecule has 0 aliphatic heterocycles. The highest BCUT2D eigenvalue weighted by Gasteiger charge is 1.95. The number of rotatable bonds is 20. The summed E-state index contributed by atoms with van der Waals surface area (Å²) in [5, 5.41) is 20.6. The van der Waals surface area contributed by atoms with Crippen molar-refractivity contribution < 1.29 is 10.2 Å². The molecule has 23 heavy (non-hydrogen) atoms. The minimum Gasteiger partial charge on any atom is -0.396 e. The fourth-order valence-electron chi connectivity index (χ4n) is 3.04. The maximum Gasteiger partial charge on any atom is 0.0555 e. The summed E-state index contributed by atoms with van der Waals surface area (Å²) in [6.07, 6.45) is 21.5. The van der Waals surface area contributed by atoms with E-state index in [-0.39, 0.29) is 6.61 Å². The summed E-state index contributed by atoms with van der Waals surface area (Å²) < 4.78 is 0. The average Bonchev–Trinajstić information content (AvgIpc) is 2.57. The van der Waals surface area contributed by atoms with Gasteiger partial charge < -0.3 is 15.5 Å². The number of nitrogens with one attached hydrogen (secondary N) is 1. The summed E-state index contributed by atoms with van der Waals surface area (Å²) in [6.45, 7) is 2.41. The number of aliphatic hydroxyl groups is 2. The predicted molar refractivity (Wildman–Crippen MR) is 101 cm³/mol. The van der Waals surface area contributed by atoms with Gasteiger partial charge in [0.05, 0.1) is 6.61 Å². The molecule has 3 nitrogen and oxygen atoms in total. The third-order valence-corrected chi connectivity index (χ3v) is 4.55. The zero-order valence-corrected chi connectivity index (χ0v) is 15.5. The van der Waals surface area contributed by atoms with Crippen LogP contribution in [0.15, 0.2) is 0 Å². The fraction of sp³-hybridized carbons (Fsp3) is 1.00. The first-order valence-electron chi connectivity index (χ1n) is 10.3. The van der Waals surface area contributed by atoms with E-state index in [1.165, 1.54) is 96.3 Å². The zero-order chi connectivity index (χ0) is 16.8. The van der Waals surface area contributed by atoms with E-state index in [4.69, 9.17) is 10.2 Å². The van der Waals surface area contributed by atoms with Crippen molar-refractivity contribution in [1.82, 2.24) is 5.32 Å². The van der Waals surface area contributed by atoms with Crippen molar-refractivity contribution >= 4 is 0 Å². The predicted octanol–water partition coefficient (Wildman–Crippen LogP) is 4.80. The number of aliphatic hydroxyl groups excluding tert-OH is 2. The second-order valence-corrected chi connectivity index (χ2v) is 6.85. The number of hydrogen-bond donors (Lipinski definition) is 3. The van der Waals surface area contributed by atoms with Gasteiger partial charge in [0.2, 0.25) is 0 Å². The lowest BCUT2D eigenvalue weighted by Gasteiger charge is -2.04. The van der Waals surface area contributed by atoms with E-state index in [2.05, 4.69) is 5.32 Å².